The van der Waals surface area contributed by atoms with E-state index >= 15 is 0 Å². The fourth-order valence-corrected chi connectivity index (χ4v) is 1.70. The van der Waals surface area contributed by atoms with E-state index in [4.69, 9.17) is 0 Å². The molecular weight excluding hydrogens is 301 g/mol. The molecule has 0 atom stereocenters. The van der Waals surface area contributed by atoms with Crippen LogP contribution in [0.2, 0.25) is 0 Å². The largest absolute Gasteiger partial charge is 0.271 e. The Morgan fingerprint density at radius 2 is 1.96 bits per heavy atom. The van der Waals surface area contributed by atoms with Crippen molar-refractivity contribution in [2.75, 3.05) is 0 Å². The molecule has 7 heteroatoms. The number of hydrogen-bond acceptors (Lipinski definition) is 4. The van der Waals surface area contributed by atoms with Crippen LogP contribution in [-0.4, -0.2) is 17.0 Å². The summed E-state index contributed by atoms with van der Waals surface area (Å²) < 4.78 is 12.7. The lowest BCUT2D eigenvalue weighted by Crippen LogP contribution is -2.17. The molecular formula is C16H12FN3O3. The summed E-state index contributed by atoms with van der Waals surface area (Å²) in [6, 6.07) is 11.1. The molecule has 0 saturated heterocycles. The van der Waals surface area contributed by atoms with Crippen molar-refractivity contribution in [3.8, 4) is 0 Å². The highest BCUT2D eigenvalue weighted by Gasteiger charge is 2.04. The number of nitrogens with one attached hydrogen (secondary N) is 1. The Labute approximate surface area is 131 Å². The second-order valence-electron chi connectivity index (χ2n) is 4.44. The quantitative estimate of drug-likeness (QED) is 0.522. The maximum Gasteiger partial charge on any atom is 0.271 e. The SMILES string of the molecule is O=C(N/N=C\C=C\c1cccc([N+](=O)[O-])c1)c1ccc(F)cc1. The van der Waals surface area contributed by atoms with E-state index in [1.165, 1.54) is 48.7 Å². The van der Waals surface area contributed by atoms with Crippen LogP contribution in [0.15, 0.2) is 59.7 Å². The summed E-state index contributed by atoms with van der Waals surface area (Å²) in [5.41, 5.74) is 3.20. The van der Waals surface area contributed by atoms with Crippen molar-refractivity contribution in [1.82, 2.24) is 5.43 Å². The van der Waals surface area contributed by atoms with Gasteiger partial charge in [0.2, 0.25) is 0 Å². The van der Waals surface area contributed by atoms with E-state index in [0.29, 0.717) is 5.56 Å². The number of carbonyl (C=O) groups excluding carboxylic acids is 1. The van der Waals surface area contributed by atoms with E-state index in [0.717, 1.165) is 0 Å². The van der Waals surface area contributed by atoms with E-state index < -0.39 is 16.6 Å². The molecule has 0 aliphatic carbocycles. The van der Waals surface area contributed by atoms with Crippen LogP contribution in [0, 0.1) is 15.9 Å². The fourth-order valence-electron chi connectivity index (χ4n) is 1.70. The number of non-ortho nitro benzene ring substituents is 1. The summed E-state index contributed by atoms with van der Waals surface area (Å²) in [7, 11) is 0. The number of carbonyl (C=O) groups is 1. The highest BCUT2D eigenvalue weighted by Crippen LogP contribution is 2.13. The van der Waals surface area contributed by atoms with Crippen LogP contribution in [0.1, 0.15) is 15.9 Å². The van der Waals surface area contributed by atoms with E-state index in [1.807, 2.05) is 0 Å². The molecule has 1 amide bonds. The van der Waals surface area contributed by atoms with Gasteiger partial charge in [0.15, 0.2) is 0 Å². The van der Waals surface area contributed by atoms with Gasteiger partial charge in [0.1, 0.15) is 5.82 Å². The lowest BCUT2D eigenvalue weighted by Gasteiger charge is -1.98. The molecule has 2 aromatic carbocycles. The van der Waals surface area contributed by atoms with Crippen molar-refractivity contribution in [1.29, 1.82) is 0 Å². The molecule has 0 saturated carbocycles. The Kier molecular flexibility index (Phi) is 5.30. The predicted octanol–water partition coefficient (Wildman–Crippen LogP) is 3.16. The summed E-state index contributed by atoms with van der Waals surface area (Å²) in [5, 5.41) is 14.3. The number of halogens is 1. The van der Waals surface area contributed by atoms with Gasteiger partial charge in [0, 0.05) is 23.9 Å². The number of hydrazone groups is 1. The molecule has 0 aliphatic heterocycles. The summed E-state index contributed by atoms with van der Waals surface area (Å²) in [5.74, 6) is -0.894. The number of nitrogens with zero attached hydrogens (tertiary/aromatic N) is 2. The van der Waals surface area contributed by atoms with Crippen LogP contribution in [0.25, 0.3) is 6.08 Å². The van der Waals surface area contributed by atoms with Crippen molar-refractivity contribution in [2.24, 2.45) is 5.10 Å². The van der Waals surface area contributed by atoms with Crippen molar-refractivity contribution >= 4 is 23.9 Å². The maximum absolute atomic E-state index is 12.7. The lowest BCUT2D eigenvalue weighted by molar-refractivity contribution is -0.384. The molecule has 0 unspecified atom stereocenters. The Balaban J connectivity index is 1.91. The Hall–Kier alpha value is -3.35. The van der Waals surface area contributed by atoms with Crippen LogP contribution < -0.4 is 5.43 Å². The summed E-state index contributed by atoms with van der Waals surface area (Å²) >= 11 is 0. The van der Waals surface area contributed by atoms with E-state index in [-0.39, 0.29) is 11.3 Å². The molecule has 0 spiro atoms. The van der Waals surface area contributed by atoms with Gasteiger partial charge in [-0.15, -0.1) is 0 Å². The molecule has 2 rings (SSSR count). The summed E-state index contributed by atoms with van der Waals surface area (Å²) in [4.78, 5) is 21.8. The first kappa shape index (κ1) is 16.0. The molecule has 2 aromatic rings. The van der Waals surface area contributed by atoms with Crippen LogP contribution in [0.4, 0.5) is 10.1 Å². The zero-order chi connectivity index (χ0) is 16.7. The third kappa shape index (κ3) is 4.85. The topological polar surface area (TPSA) is 84.6 Å². The van der Waals surface area contributed by atoms with Gasteiger partial charge in [-0.1, -0.05) is 18.2 Å². The van der Waals surface area contributed by atoms with Crippen molar-refractivity contribution in [2.45, 2.75) is 0 Å². The number of rotatable bonds is 5. The minimum absolute atomic E-state index is 0.00583. The minimum Gasteiger partial charge on any atom is -0.267 e. The van der Waals surface area contributed by atoms with Gasteiger partial charge in [0.25, 0.3) is 11.6 Å². The highest BCUT2D eigenvalue weighted by atomic mass is 19.1. The molecule has 0 fully saturated rings. The van der Waals surface area contributed by atoms with Gasteiger partial charge >= 0.3 is 0 Å². The molecule has 23 heavy (non-hydrogen) atoms. The lowest BCUT2D eigenvalue weighted by atomic mass is 10.2. The third-order valence-electron chi connectivity index (χ3n) is 2.80. The van der Waals surface area contributed by atoms with Gasteiger partial charge in [0.05, 0.1) is 4.92 Å². The van der Waals surface area contributed by atoms with Crippen LogP contribution >= 0.6 is 0 Å². The first-order chi connectivity index (χ1) is 11.1. The Morgan fingerprint density at radius 3 is 2.65 bits per heavy atom. The first-order valence-electron chi connectivity index (χ1n) is 6.56. The van der Waals surface area contributed by atoms with Crippen LogP contribution in [0.3, 0.4) is 0 Å². The van der Waals surface area contributed by atoms with Crippen molar-refractivity contribution in [3.63, 3.8) is 0 Å². The van der Waals surface area contributed by atoms with Crippen molar-refractivity contribution in [3.05, 3.63) is 81.7 Å². The minimum atomic E-state index is -0.478. The van der Waals surface area contributed by atoms with Gasteiger partial charge in [-0.05, 0) is 35.9 Å². The number of amides is 1. The van der Waals surface area contributed by atoms with E-state index in [9.17, 15) is 19.3 Å². The molecule has 6 nitrogen and oxygen atoms in total. The van der Waals surface area contributed by atoms with Gasteiger partial charge in [-0.3, -0.25) is 14.9 Å². The smallest absolute Gasteiger partial charge is 0.267 e. The molecule has 0 radical (unpaired) electrons. The predicted molar refractivity (Wildman–Crippen MR) is 84.5 cm³/mol. The number of allylic oxidation sites excluding steroid dienone is 1. The molecule has 0 aliphatic rings. The van der Waals surface area contributed by atoms with E-state index in [1.54, 1.807) is 18.2 Å². The summed E-state index contributed by atoms with van der Waals surface area (Å²) in [6.45, 7) is 0. The molecule has 0 aromatic heterocycles. The van der Waals surface area contributed by atoms with Gasteiger partial charge in [-0.2, -0.15) is 5.10 Å². The maximum atomic E-state index is 12.7. The number of hydrogen-bond donors (Lipinski definition) is 1. The molecule has 116 valence electrons. The van der Waals surface area contributed by atoms with Gasteiger partial charge < -0.3 is 0 Å². The zero-order valence-corrected chi connectivity index (χ0v) is 11.8. The molecule has 0 bridgehead atoms. The van der Waals surface area contributed by atoms with Crippen LogP contribution in [-0.2, 0) is 0 Å². The Bertz CT molecular complexity index is 770. The van der Waals surface area contributed by atoms with Gasteiger partial charge in [-0.25, -0.2) is 9.82 Å². The number of nitro groups is 1. The van der Waals surface area contributed by atoms with Crippen LogP contribution in [0.5, 0.6) is 0 Å². The Morgan fingerprint density at radius 1 is 1.22 bits per heavy atom. The molecule has 0 heterocycles. The second kappa shape index (κ2) is 7.60. The molecule has 1 N–H and O–H groups in total. The monoisotopic (exact) mass is 313 g/mol. The fraction of sp³-hybridized carbons (Fsp3) is 0. The third-order valence-corrected chi connectivity index (χ3v) is 2.80. The standard InChI is InChI=1S/C16H12FN3O3/c17-14-8-6-13(7-9-14)16(21)19-18-10-2-4-12-3-1-5-15(11-12)20(22)23/h1-11H,(H,19,21)/b4-2+,18-10-. The number of benzene rings is 2. The highest BCUT2D eigenvalue weighted by molar-refractivity contribution is 5.94. The average molecular weight is 313 g/mol. The second-order valence-corrected chi connectivity index (χ2v) is 4.44. The number of nitro benzene ring substituents is 1. The van der Waals surface area contributed by atoms with E-state index in [2.05, 4.69) is 10.5 Å². The summed E-state index contributed by atoms with van der Waals surface area (Å²) in [6.07, 6.45) is 4.48. The normalized spacial score (nSPS) is 11.0. The van der Waals surface area contributed by atoms with Crippen molar-refractivity contribution < 1.29 is 14.1 Å². The average Bonchev–Trinajstić information content (AvgIpc) is 2.55. The first-order valence-corrected chi connectivity index (χ1v) is 6.56. The zero-order valence-electron chi connectivity index (χ0n) is 11.8.